The summed E-state index contributed by atoms with van der Waals surface area (Å²) in [6.07, 6.45) is -2.69. The van der Waals surface area contributed by atoms with E-state index in [0.29, 0.717) is 23.4 Å². The molecule has 0 radical (unpaired) electrons. The zero-order valence-electron chi connectivity index (χ0n) is 10.0. The topological polar surface area (TPSA) is 51.2 Å². The summed E-state index contributed by atoms with van der Waals surface area (Å²) in [5, 5.41) is 2.38. The fraction of sp³-hybridized carbons (Fsp3) is 0.0769. The number of carbonyl (C=O) groups is 1. The van der Waals surface area contributed by atoms with Crippen LogP contribution in [0.4, 0.5) is 19.0 Å². The third-order valence-electron chi connectivity index (χ3n) is 2.39. The van der Waals surface area contributed by atoms with Crippen molar-refractivity contribution >= 4 is 12.2 Å². The van der Waals surface area contributed by atoms with Crippen LogP contribution in [0.1, 0.15) is 0 Å². The molecule has 1 aromatic carbocycles. The lowest BCUT2D eigenvalue weighted by Crippen LogP contribution is -2.16. The summed E-state index contributed by atoms with van der Waals surface area (Å²) in [5.41, 5.74) is 1.39. The molecule has 1 heterocycles. The maximum atomic E-state index is 12.0. The molecule has 0 aliphatic rings. The number of rotatable bonds is 4. The van der Waals surface area contributed by atoms with Gasteiger partial charge in [-0.1, -0.05) is 12.1 Å². The van der Waals surface area contributed by atoms with Crippen LogP contribution in [0, 0.1) is 0 Å². The summed E-state index contributed by atoms with van der Waals surface area (Å²) in [4.78, 5) is 14.2. The van der Waals surface area contributed by atoms with Crippen LogP contribution in [0.3, 0.4) is 0 Å². The van der Waals surface area contributed by atoms with Crippen LogP contribution >= 0.6 is 0 Å². The Hall–Kier alpha value is -2.57. The quantitative estimate of drug-likeness (QED) is 0.876. The van der Waals surface area contributed by atoms with Crippen LogP contribution in [0.25, 0.3) is 11.1 Å². The van der Waals surface area contributed by atoms with Gasteiger partial charge in [0.15, 0.2) is 0 Å². The Labute approximate surface area is 112 Å². The SMILES string of the molecule is O=CNc1ccc(-c2ccc(OC(F)(F)F)cc2)cn1. The second-order valence-corrected chi connectivity index (χ2v) is 3.77. The molecule has 4 nitrogen and oxygen atoms in total. The van der Waals surface area contributed by atoms with Crippen molar-refractivity contribution in [3.63, 3.8) is 0 Å². The van der Waals surface area contributed by atoms with Crippen molar-refractivity contribution in [2.24, 2.45) is 0 Å². The lowest BCUT2D eigenvalue weighted by molar-refractivity contribution is -0.274. The summed E-state index contributed by atoms with van der Waals surface area (Å²) in [5.74, 6) is 0.106. The van der Waals surface area contributed by atoms with Gasteiger partial charge in [0, 0.05) is 11.8 Å². The molecule has 0 aliphatic heterocycles. The smallest absolute Gasteiger partial charge is 0.406 e. The fourth-order valence-corrected chi connectivity index (χ4v) is 1.56. The Morgan fingerprint density at radius 3 is 2.20 bits per heavy atom. The van der Waals surface area contributed by atoms with E-state index in [0.717, 1.165) is 0 Å². The maximum Gasteiger partial charge on any atom is 0.573 e. The summed E-state index contributed by atoms with van der Waals surface area (Å²) in [7, 11) is 0. The average molecular weight is 282 g/mol. The van der Waals surface area contributed by atoms with E-state index < -0.39 is 6.36 Å². The van der Waals surface area contributed by atoms with Crippen LogP contribution in [-0.4, -0.2) is 17.8 Å². The Morgan fingerprint density at radius 2 is 1.70 bits per heavy atom. The number of nitrogens with zero attached hydrogens (tertiary/aromatic N) is 1. The molecule has 0 unspecified atom stereocenters. The summed E-state index contributed by atoms with van der Waals surface area (Å²) in [6, 6.07) is 8.71. The van der Waals surface area contributed by atoms with Crippen molar-refractivity contribution in [2.45, 2.75) is 6.36 Å². The largest absolute Gasteiger partial charge is 0.573 e. The predicted molar refractivity (Wildman–Crippen MR) is 66.0 cm³/mol. The first kappa shape index (κ1) is 13.9. The first-order chi connectivity index (χ1) is 9.48. The number of aromatic nitrogens is 1. The third kappa shape index (κ3) is 3.71. The van der Waals surface area contributed by atoms with Gasteiger partial charge >= 0.3 is 6.36 Å². The van der Waals surface area contributed by atoms with Gasteiger partial charge in [0.25, 0.3) is 0 Å². The molecule has 2 aromatic rings. The van der Waals surface area contributed by atoms with Crippen molar-refractivity contribution in [2.75, 3.05) is 5.32 Å². The van der Waals surface area contributed by atoms with Crippen LogP contribution in [0.2, 0.25) is 0 Å². The minimum atomic E-state index is -4.70. The van der Waals surface area contributed by atoms with Crippen LogP contribution < -0.4 is 10.1 Å². The number of halogens is 3. The van der Waals surface area contributed by atoms with Crippen LogP contribution in [-0.2, 0) is 4.79 Å². The number of anilines is 1. The van der Waals surface area contributed by atoms with E-state index in [1.54, 1.807) is 12.1 Å². The van der Waals surface area contributed by atoms with Gasteiger partial charge in [0.2, 0.25) is 6.41 Å². The van der Waals surface area contributed by atoms with E-state index in [1.807, 2.05) is 0 Å². The molecule has 0 bridgehead atoms. The monoisotopic (exact) mass is 282 g/mol. The Kier molecular flexibility index (Phi) is 3.88. The molecule has 0 aliphatic carbocycles. The minimum Gasteiger partial charge on any atom is -0.406 e. The van der Waals surface area contributed by atoms with Gasteiger partial charge in [-0.25, -0.2) is 4.98 Å². The van der Waals surface area contributed by atoms with Crippen molar-refractivity contribution in [1.82, 2.24) is 4.98 Å². The van der Waals surface area contributed by atoms with E-state index in [-0.39, 0.29) is 5.75 Å². The molecule has 0 fully saturated rings. The number of nitrogens with one attached hydrogen (secondary N) is 1. The average Bonchev–Trinajstić information content (AvgIpc) is 2.39. The number of ether oxygens (including phenoxy) is 1. The molecule has 2 rings (SSSR count). The first-order valence-corrected chi connectivity index (χ1v) is 5.50. The number of alkyl halides is 3. The molecule has 104 valence electrons. The van der Waals surface area contributed by atoms with Gasteiger partial charge in [-0.3, -0.25) is 4.79 Å². The van der Waals surface area contributed by atoms with E-state index in [4.69, 9.17) is 0 Å². The summed E-state index contributed by atoms with van der Waals surface area (Å²) in [6.45, 7) is 0. The molecule has 0 atom stereocenters. The van der Waals surface area contributed by atoms with Crippen molar-refractivity contribution in [3.05, 3.63) is 42.6 Å². The van der Waals surface area contributed by atoms with Crippen molar-refractivity contribution in [1.29, 1.82) is 0 Å². The molecule has 1 N–H and O–H groups in total. The molecular formula is C13H9F3N2O2. The Balaban J connectivity index is 2.15. The van der Waals surface area contributed by atoms with Gasteiger partial charge in [-0.2, -0.15) is 0 Å². The third-order valence-corrected chi connectivity index (χ3v) is 2.39. The molecule has 1 amide bonds. The molecular weight excluding hydrogens is 273 g/mol. The highest BCUT2D eigenvalue weighted by Gasteiger charge is 2.30. The zero-order valence-corrected chi connectivity index (χ0v) is 10.0. The highest BCUT2D eigenvalue weighted by molar-refractivity contribution is 5.70. The lowest BCUT2D eigenvalue weighted by Gasteiger charge is -2.09. The molecule has 0 saturated heterocycles. The standard InChI is InChI=1S/C13H9F3N2O2/c14-13(15,16)20-11-4-1-9(2-5-11)10-3-6-12(17-7-10)18-8-19/h1-8H,(H,17,18,19). The van der Waals surface area contributed by atoms with E-state index in [2.05, 4.69) is 15.0 Å². The first-order valence-electron chi connectivity index (χ1n) is 5.50. The van der Waals surface area contributed by atoms with E-state index >= 15 is 0 Å². The summed E-state index contributed by atoms with van der Waals surface area (Å²) >= 11 is 0. The Bertz CT molecular complexity index is 580. The number of benzene rings is 1. The van der Waals surface area contributed by atoms with Crippen LogP contribution in [0.15, 0.2) is 42.6 Å². The maximum absolute atomic E-state index is 12.0. The molecule has 1 aromatic heterocycles. The molecule has 7 heteroatoms. The predicted octanol–water partition coefficient (Wildman–Crippen LogP) is 3.22. The minimum absolute atomic E-state index is 0.284. The second-order valence-electron chi connectivity index (χ2n) is 3.77. The van der Waals surface area contributed by atoms with Crippen molar-refractivity contribution in [3.8, 4) is 16.9 Å². The Morgan fingerprint density at radius 1 is 1.05 bits per heavy atom. The number of hydrogen-bond donors (Lipinski definition) is 1. The molecule has 20 heavy (non-hydrogen) atoms. The number of carbonyl (C=O) groups excluding carboxylic acids is 1. The van der Waals surface area contributed by atoms with Gasteiger partial charge in [0.1, 0.15) is 11.6 Å². The van der Waals surface area contributed by atoms with Gasteiger partial charge in [-0.05, 0) is 29.8 Å². The van der Waals surface area contributed by atoms with Gasteiger partial charge in [-0.15, -0.1) is 13.2 Å². The van der Waals surface area contributed by atoms with Crippen LogP contribution in [0.5, 0.6) is 5.75 Å². The van der Waals surface area contributed by atoms with Gasteiger partial charge in [0.05, 0.1) is 0 Å². The second kappa shape index (κ2) is 5.60. The highest BCUT2D eigenvalue weighted by Crippen LogP contribution is 2.26. The normalized spacial score (nSPS) is 10.9. The van der Waals surface area contributed by atoms with E-state index in [9.17, 15) is 18.0 Å². The highest BCUT2D eigenvalue weighted by atomic mass is 19.4. The van der Waals surface area contributed by atoms with E-state index in [1.165, 1.54) is 30.5 Å². The van der Waals surface area contributed by atoms with Crippen molar-refractivity contribution < 1.29 is 22.7 Å². The number of hydrogen-bond acceptors (Lipinski definition) is 3. The fourth-order valence-electron chi connectivity index (χ4n) is 1.56. The summed E-state index contributed by atoms with van der Waals surface area (Å²) < 4.78 is 39.8. The number of amides is 1. The zero-order chi connectivity index (χ0) is 14.6. The molecule has 0 spiro atoms. The van der Waals surface area contributed by atoms with Gasteiger partial charge < -0.3 is 10.1 Å². The molecule has 0 saturated carbocycles. The number of pyridine rings is 1. The lowest BCUT2D eigenvalue weighted by atomic mass is 10.1.